The largest absolute Gasteiger partial charge is 0.350 e. The molecule has 1 aromatic rings. The summed E-state index contributed by atoms with van der Waals surface area (Å²) in [5.74, 6) is 5.93. The van der Waals surface area contributed by atoms with E-state index in [1.165, 1.54) is 0 Å². The van der Waals surface area contributed by atoms with Crippen molar-refractivity contribution in [2.75, 3.05) is 6.54 Å². The molecule has 1 atom stereocenters. The normalized spacial score (nSPS) is 11.3. The molecule has 0 spiro atoms. The van der Waals surface area contributed by atoms with Crippen molar-refractivity contribution >= 4 is 5.91 Å². The van der Waals surface area contributed by atoms with Crippen LogP contribution in [-0.4, -0.2) is 12.5 Å². The second kappa shape index (κ2) is 9.17. The first kappa shape index (κ1) is 16.3. The molecule has 1 amide bonds. The third kappa shape index (κ3) is 5.90. The van der Waals surface area contributed by atoms with Crippen LogP contribution in [0.2, 0.25) is 0 Å². The number of rotatable bonds is 6. The van der Waals surface area contributed by atoms with Crippen molar-refractivity contribution < 1.29 is 4.79 Å². The van der Waals surface area contributed by atoms with Crippen molar-refractivity contribution in [3.8, 4) is 11.8 Å². The summed E-state index contributed by atoms with van der Waals surface area (Å²) < 4.78 is 0. The first-order valence-electron chi connectivity index (χ1n) is 7.25. The second-order valence-corrected chi connectivity index (χ2v) is 4.87. The van der Waals surface area contributed by atoms with Gasteiger partial charge in [0.05, 0.1) is 12.6 Å². The number of nitrogens with two attached hydrogens (primary N) is 1. The van der Waals surface area contributed by atoms with E-state index in [0.717, 1.165) is 30.4 Å². The average molecular weight is 272 g/mol. The Kier molecular flexibility index (Phi) is 7.46. The molecule has 3 heteroatoms. The molecule has 0 fully saturated rings. The number of unbranched alkanes of at least 4 members (excludes halogenated alkanes) is 2. The molecule has 3 nitrogen and oxygen atoms in total. The van der Waals surface area contributed by atoms with Crippen molar-refractivity contribution in [3.63, 3.8) is 0 Å². The summed E-state index contributed by atoms with van der Waals surface area (Å²) in [6.07, 6.45) is 3.81. The first-order valence-corrected chi connectivity index (χ1v) is 7.25. The summed E-state index contributed by atoms with van der Waals surface area (Å²) in [5, 5.41) is 3.02. The van der Waals surface area contributed by atoms with Gasteiger partial charge < -0.3 is 11.1 Å². The SMILES string of the molecule is CCCCCC(=O)NC(C)c1ccc(C#CCN)cc1. The Morgan fingerprint density at radius 2 is 2.00 bits per heavy atom. The van der Waals surface area contributed by atoms with Crippen LogP contribution in [0.1, 0.15) is 56.7 Å². The van der Waals surface area contributed by atoms with E-state index in [1.54, 1.807) is 0 Å². The average Bonchev–Trinajstić information content (AvgIpc) is 2.46. The van der Waals surface area contributed by atoms with Crippen LogP contribution in [0.3, 0.4) is 0 Å². The maximum Gasteiger partial charge on any atom is 0.220 e. The molecule has 0 heterocycles. The quantitative estimate of drug-likeness (QED) is 0.618. The lowest BCUT2D eigenvalue weighted by Crippen LogP contribution is -2.26. The molecule has 20 heavy (non-hydrogen) atoms. The maximum absolute atomic E-state index is 11.8. The van der Waals surface area contributed by atoms with Crippen LogP contribution in [0.5, 0.6) is 0 Å². The lowest BCUT2D eigenvalue weighted by molar-refractivity contribution is -0.121. The Morgan fingerprint density at radius 1 is 1.30 bits per heavy atom. The molecule has 0 aromatic heterocycles. The Hall–Kier alpha value is -1.79. The van der Waals surface area contributed by atoms with E-state index in [2.05, 4.69) is 24.1 Å². The fourth-order valence-corrected chi connectivity index (χ4v) is 1.94. The topological polar surface area (TPSA) is 55.1 Å². The lowest BCUT2D eigenvalue weighted by atomic mass is 10.1. The van der Waals surface area contributed by atoms with Crippen LogP contribution in [-0.2, 0) is 4.79 Å². The summed E-state index contributed by atoms with van der Waals surface area (Å²) in [7, 11) is 0. The van der Waals surface area contributed by atoms with Crippen LogP contribution in [0.15, 0.2) is 24.3 Å². The predicted octanol–water partition coefficient (Wildman–Crippen LogP) is 2.75. The standard InChI is InChI=1S/C17H24N2O/c1-3-4-5-8-17(20)19-14(2)16-11-9-15(10-12-16)7-6-13-18/h9-12,14H,3-5,8,13,18H2,1-2H3,(H,19,20). The second-order valence-electron chi connectivity index (χ2n) is 4.87. The molecule has 0 bridgehead atoms. The minimum absolute atomic E-state index is 0.0284. The molecule has 0 radical (unpaired) electrons. The van der Waals surface area contributed by atoms with Crippen molar-refractivity contribution in [1.29, 1.82) is 0 Å². The van der Waals surface area contributed by atoms with Crippen LogP contribution in [0, 0.1) is 11.8 Å². The Morgan fingerprint density at radius 3 is 2.60 bits per heavy atom. The van der Waals surface area contributed by atoms with E-state index < -0.39 is 0 Å². The highest BCUT2D eigenvalue weighted by atomic mass is 16.1. The monoisotopic (exact) mass is 272 g/mol. The third-order valence-corrected chi connectivity index (χ3v) is 3.13. The van der Waals surface area contributed by atoms with E-state index in [-0.39, 0.29) is 11.9 Å². The highest BCUT2D eigenvalue weighted by Crippen LogP contribution is 2.13. The maximum atomic E-state index is 11.8. The number of benzene rings is 1. The van der Waals surface area contributed by atoms with Gasteiger partial charge in [-0.2, -0.15) is 0 Å². The number of hydrogen-bond acceptors (Lipinski definition) is 2. The molecule has 1 rings (SSSR count). The molecular weight excluding hydrogens is 248 g/mol. The molecule has 0 aliphatic rings. The number of amides is 1. The van der Waals surface area contributed by atoms with Crippen LogP contribution in [0.25, 0.3) is 0 Å². The summed E-state index contributed by atoms with van der Waals surface area (Å²) in [6.45, 7) is 4.50. The van der Waals surface area contributed by atoms with E-state index in [4.69, 9.17) is 5.73 Å². The van der Waals surface area contributed by atoms with Crippen molar-refractivity contribution in [2.45, 2.75) is 45.6 Å². The Labute approximate surface area is 121 Å². The van der Waals surface area contributed by atoms with E-state index in [0.29, 0.717) is 13.0 Å². The molecule has 0 aliphatic carbocycles. The summed E-state index contributed by atoms with van der Waals surface area (Å²) >= 11 is 0. The number of carbonyl (C=O) groups is 1. The van der Waals surface area contributed by atoms with Gasteiger partial charge in [-0.05, 0) is 31.0 Å². The molecular formula is C17H24N2O. The van der Waals surface area contributed by atoms with Gasteiger partial charge in [0.25, 0.3) is 0 Å². The van der Waals surface area contributed by atoms with Gasteiger partial charge >= 0.3 is 0 Å². The van der Waals surface area contributed by atoms with E-state index in [1.807, 2.05) is 31.2 Å². The van der Waals surface area contributed by atoms with Gasteiger partial charge in [0.2, 0.25) is 5.91 Å². The molecule has 1 unspecified atom stereocenters. The zero-order valence-electron chi connectivity index (χ0n) is 12.4. The minimum Gasteiger partial charge on any atom is -0.350 e. The van der Waals surface area contributed by atoms with Crippen molar-refractivity contribution in [1.82, 2.24) is 5.32 Å². The van der Waals surface area contributed by atoms with E-state index >= 15 is 0 Å². The third-order valence-electron chi connectivity index (χ3n) is 3.13. The minimum atomic E-state index is 0.0284. The lowest BCUT2D eigenvalue weighted by Gasteiger charge is -2.14. The first-order chi connectivity index (χ1) is 9.67. The smallest absolute Gasteiger partial charge is 0.220 e. The van der Waals surface area contributed by atoms with Gasteiger partial charge in [0.1, 0.15) is 0 Å². The number of hydrogen-bond donors (Lipinski definition) is 2. The fourth-order valence-electron chi connectivity index (χ4n) is 1.94. The van der Waals surface area contributed by atoms with Gasteiger partial charge in [-0.1, -0.05) is 43.7 Å². The van der Waals surface area contributed by atoms with Crippen LogP contribution < -0.4 is 11.1 Å². The molecule has 3 N–H and O–H groups in total. The summed E-state index contributed by atoms with van der Waals surface area (Å²) in [4.78, 5) is 11.8. The highest BCUT2D eigenvalue weighted by Gasteiger charge is 2.08. The predicted molar refractivity (Wildman–Crippen MR) is 83.1 cm³/mol. The molecule has 1 aromatic carbocycles. The highest BCUT2D eigenvalue weighted by molar-refractivity contribution is 5.76. The summed E-state index contributed by atoms with van der Waals surface area (Å²) in [5.41, 5.74) is 7.37. The molecule has 0 aliphatic heterocycles. The van der Waals surface area contributed by atoms with Gasteiger partial charge in [0.15, 0.2) is 0 Å². The van der Waals surface area contributed by atoms with Crippen LogP contribution >= 0.6 is 0 Å². The number of carbonyl (C=O) groups excluding carboxylic acids is 1. The molecule has 0 saturated carbocycles. The van der Waals surface area contributed by atoms with Crippen LogP contribution in [0.4, 0.5) is 0 Å². The Balaban J connectivity index is 2.50. The van der Waals surface area contributed by atoms with Gasteiger partial charge in [-0.25, -0.2) is 0 Å². The molecule has 0 saturated heterocycles. The van der Waals surface area contributed by atoms with Gasteiger partial charge in [-0.3, -0.25) is 4.79 Å². The summed E-state index contributed by atoms with van der Waals surface area (Å²) in [6, 6.07) is 7.94. The van der Waals surface area contributed by atoms with Crippen molar-refractivity contribution in [2.24, 2.45) is 5.73 Å². The fraction of sp³-hybridized carbons (Fsp3) is 0.471. The number of nitrogens with one attached hydrogen (secondary N) is 1. The van der Waals surface area contributed by atoms with Gasteiger partial charge in [0, 0.05) is 12.0 Å². The molecule has 108 valence electrons. The zero-order valence-corrected chi connectivity index (χ0v) is 12.4. The van der Waals surface area contributed by atoms with Crippen molar-refractivity contribution in [3.05, 3.63) is 35.4 Å². The van der Waals surface area contributed by atoms with Gasteiger partial charge in [-0.15, -0.1) is 0 Å². The Bertz CT molecular complexity index is 468. The zero-order chi connectivity index (χ0) is 14.8. The van der Waals surface area contributed by atoms with E-state index in [9.17, 15) is 4.79 Å².